The Kier molecular flexibility index (Phi) is 3.55. The Morgan fingerprint density at radius 2 is 1.84 bits per heavy atom. The van der Waals surface area contributed by atoms with Crippen LogP contribution in [0.3, 0.4) is 0 Å². The third-order valence-corrected chi connectivity index (χ3v) is 3.00. The van der Waals surface area contributed by atoms with Gasteiger partial charge in [-0.25, -0.2) is 4.79 Å². The van der Waals surface area contributed by atoms with Gasteiger partial charge in [-0.1, -0.05) is 12.1 Å². The SMILES string of the molecule is CC(C)(C)OC(=O)N1CC(c2ccc(N=O)cc2)C1. The van der Waals surface area contributed by atoms with Gasteiger partial charge in [-0.2, -0.15) is 0 Å². The van der Waals surface area contributed by atoms with Gasteiger partial charge in [0.05, 0.1) is 0 Å². The number of ether oxygens (including phenoxy) is 1. The summed E-state index contributed by atoms with van der Waals surface area (Å²) in [4.78, 5) is 23.8. The van der Waals surface area contributed by atoms with Gasteiger partial charge in [0.2, 0.25) is 0 Å². The Bertz CT molecular complexity index is 470. The van der Waals surface area contributed by atoms with Crippen LogP contribution in [0.4, 0.5) is 10.5 Å². The molecule has 1 aliphatic rings. The summed E-state index contributed by atoms with van der Waals surface area (Å²) in [5.41, 5.74) is 1.08. The molecule has 1 aliphatic heterocycles. The lowest BCUT2D eigenvalue weighted by atomic mass is 9.92. The van der Waals surface area contributed by atoms with Crippen molar-refractivity contribution in [3.8, 4) is 0 Å². The Hall–Kier alpha value is -1.91. The van der Waals surface area contributed by atoms with Crippen molar-refractivity contribution >= 4 is 11.8 Å². The monoisotopic (exact) mass is 262 g/mol. The van der Waals surface area contributed by atoms with E-state index in [1.807, 2.05) is 32.9 Å². The fourth-order valence-corrected chi connectivity index (χ4v) is 1.97. The number of carbonyl (C=O) groups is 1. The van der Waals surface area contributed by atoms with E-state index in [0.717, 1.165) is 5.56 Å². The number of benzene rings is 1. The smallest absolute Gasteiger partial charge is 0.410 e. The van der Waals surface area contributed by atoms with Crippen LogP contribution in [-0.2, 0) is 4.74 Å². The summed E-state index contributed by atoms with van der Waals surface area (Å²) in [7, 11) is 0. The molecule has 1 amide bonds. The molecule has 0 radical (unpaired) electrons. The molecule has 1 fully saturated rings. The van der Waals surface area contributed by atoms with Crippen LogP contribution in [0.15, 0.2) is 29.4 Å². The third kappa shape index (κ3) is 3.30. The first kappa shape index (κ1) is 13.5. The predicted molar refractivity (Wildman–Crippen MR) is 72.4 cm³/mol. The van der Waals surface area contributed by atoms with E-state index < -0.39 is 5.60 Å². The van der Waals surface area contributed by atoms with Crippen LogP contribution in [0.5, 0.6) is 0 Å². The average molecular weight is 262 g/mol. The molecule has 0 saturated carbocycles. The molecule has 5 nitrogen and oxygen atoms in total. The summed E-state index contributed by atoms with van der Waals surface area (Å²) >= 11 is 0. The van der Waals surface area contributed by atoms with Crippen molar-refractivity contribution in [1.82, 2.24) is 4.90 Å². The minimum absolute atomic E-state index is 0.269. The predicted octanol–water partition coefficient (Wildman–Crippen LogP) is 3.42. The second-order valence-corrected chi connectivity index (χ2v) is 5.77. The Morgan fingerprint density at radius 1 is 1.26 bits per heavy atom. The molecule has 0 N–H and O–H groups in total. The first-order valence-electron chi connectivity index (χ1n) is 6.30. The van der Waals surface area contributed by atoms with Crippen LogP contribution in [-0.4, -0.2) is 29.7 Å². The highest BCUT2D eigenvalue weighted by atomic mass is 16.6. The molecule has 0 bridgehead atoms. The maximum atomic E-state index is 11.8. The van der Waals surface area contributed by atoms with Gasteiger partial charge in [0.1, 0.15) is 11.3 Å². The van der Waals surface area contributed by atoms with Crippen molar-refractivity contribution in [3.05, 3.63) is 34.7 Å². The van der Waals surface area contributed by atoms with E-state index >= 15 is 0 Å². The van der Waals surface area contributed by atoms with Crippen LogP contribution in [0, 0.1) is 4.91 Å². The minimum atomic E-state index is -0.459. The summed E-state index contributed by atoms with van der Waals surface area (Å²) in [6.45, 7) is 6.87. The van der Waals surface area contributed by atoms with E-state index in [2.05, 4.69) is 5.18 Å². The van der Waals surface area contributed by atoms with Gasteiger partial charge in [-0.05, 0) is 43.6 Å². The molecule has 1 aromatic rings. The van der Waals surface area contributed by atoms with Crippen LogP contribution >= 0.6 is 0 Å². The zero-order chi connectivity index (χ0) is 14.0. The quantitative estimate of drug-likeness (QED) is 0.767. The largest absolute Gasteiger partial charge is 0.444 e. The highest BCUT2D eigenvalue weighted by Crippen LogP contribution is 2.29. The first-order chi connectivity index (χ1) is 8.89. The topological polar surface area (TPSA) is 59.0 Å². The molecule has 0 aliphatic carbocycles. The molecule has 2 rings (SSSR count). The van der Waals surface area contributed by atoms with Gasteiger partial charge in [0.15, 0.2) is 0 Å². The second-order valence-electron chi connectivity index (χ2n) is 5.77. The fourth-order valence-electron chi connectivity index (χ4n) is 1.97. The molecule has 19 heavy (non-hydrogen) atoms. The number of likely N-dealkylation sites (tertiary alicyclic amines) is 1. The molecule has 0 unspecified atom stereocenters. The van der Waals surface area contributed by atoms with E-state index in [0.29, 0.717) is 24.7 Å². The summed E-state index contributed by atoms with van der Waals surface area (Å²) < 4.78 is 5.29. The summed E-state index contributed by atoms with van der Waals surface area (Å²) in [5, 5.41) is 2.86. The minimum Gasteiger partial charge on any atom is -0.444 e. The zero-order valence-corrected chi connectivity index (χ0v) is 11.4. The van der Waals surface area contributed by atoms with E-state index in [-0.39, 0.29) is 6.09 Å². The van der Waals surface area contributed by atoms with E-state index in [9.17, 15) is 9.70 Å². The average Bonchev–Trinajstić information content (AvgIpc) is 2.25. The van der Waals surface area contributed by atoms with E-state index in [1.54, 1.807) is 17.0 Å². The molecular weight excluding hydrogens is 244 g/mol. The maximum absolute atomic E-state index is 11.8. The van der Waals surface area contributed by atoms with Crippen molar-refractivity contribution in [3.63, 3.8) is 0 Å². The van der Waals surface area contributed by atoms with Crippen molar-refractivity contribution in [1.29, 1.82) is 0 Å². The van der Waals surface area contributed by atoms with Gasteiger partial charge in [0, 0.05) is 19.0 Å². The van der Waals surface area contributed by atoms with Crippen molar-refractivity contribution in [2.75, 3.05) is 13.1 Å². The van der Waals surface area contributed by atoms with Gasteiger partial charge in [-0.15, -0.1) is 4.91 Å². The van der Waals surface area contributed by atoms with Crippen molar-refractivity contribution < 1.29 is 9.53 Å². The molecule has 1 heterocycles. The first-order valence-corrected chi connectivity index (χ1v) is 6.30. The maximum Gasteiger partial charge on any atom is 0.410 e. The number of carbonyl (C=O) groups excluding carboxylic acids is 1. The molecule has 5 heteroatoms. The molecule has 0 aromatic heterocycles. The van der Waals surface area contributed by atoms with Gasteiger partial charge in [-0.3, -0.25) is 0 Å². The molecular formula is C14H18N2O3. The Balaban J connectivity index is 1.88. The summed E-state index contributed by atoms with van der Waals surface area (Å²) in [5.74, 6) is 0.313. The van der Waals surface area contributed by atoms with Gasteiger partial charge < -0.3 is 9.64 Å². The molecule has 102 valence electrons. The number of hydrogen-bond acceptors (Lipinski definition) is 4. The fraction of sp³-hybridized carbons (Fsp3) is 0.500. The number of nitroso groups, excluding NO2 is 1. The van der Waals surface area contributed by atoms with Crippen LogP contribution in [0.25, 0.3) is 0 Å². The number of hydrogen-bond donors (Lipinski definition) is 0. The number of rotatable bonds is 2. The van der Waals surface area contributed by atoms with Crippen molar-refractivity contribution in [2.45, 2.75) is 32.3 Å². The van der Waals surface area contributed by atoms with Crippen molar-refractivity contribution in [2.24, 2.45) is 5.18 Å². The van der Waals surface area contributed by atoms with Crippen LogP contribution in [0.2, 0.25) is 0 Å². The van der Waals surface area contributed by atoms with Gasteiger partial charge in [0.25, 0.3) is 0 Å². The second kappa shape index (κ2) is 4.99. The standard InChI is InChI=1S/C14H18N2O3/c1-14(2,3)19-13(17)16-8-11(9-16)10-4-6-12(15-18)7-5-10/h4-7,11H,8-9H2,1-3H3. The lowest BCUT2D eigenvalue weighted by Gasteiger charge is -2.40. The normalized spacial score (nSPS) is 15.8. The molecule has 1 saturated heterocycles. The van der Waals surface area contributed by atoms with E-state index in [1.165, 1.54) is 0 Å². The Morgan fingerprint density at radius 3 is 2.32 bits per heavy atom. The highest BCUT2D eigenvalue weighted by Gasteiger charge is 2.34. The third-order valence-electron chi connectivity index (χ3n) is 3.00. The van der Waals surface area contributed by atoms with E-state index in [4.69, 9.17) is 4.74 Å². The van der Waals surface area contributed by atoms with Crippen LogP contribution in [0.1, 0.15) is 32.3 Å². The lowest BCUT2D eigenvalue weighted by Crippen LogP contribution is -2.50. The zero-order valence-electron chi connectivity index (χ0n) is 11.4. The molecule has 0 atom stereocenters. The van der Waals surface area contributed by atoms with Crippen LogP contribution < -0.4 is 0 Å². The highest BCUT2D eigenvalue weighted by molar-refractivity contribution is 5.69. The molecule has 0 spiro atoms. The van der Waals surface area contributed by atoms with Gasteiger partial charge >= 0.3 is 6.09 Å². The summed E-state index contributed by atoms with van der Waals surface area (Å²) in [6, 6.07) is 7.15. The lowest BCUT2D eigenvalue weighted by molar-refractivity contribution is 0.00820. The summed E-state index contributed by atoms with van der Waals surface area (Å²) in [6.07, 6.45) is -0.269. The number of nitrogens with zero attached hydrogens (tertiary/aromatic N) is 2. The Labute approximate surface area is 112 Å². The number of amides is 1. The molecule has 1 aromatic carbocycles.